The average molecular weight is 104 g/mol. The maximum atomic E-state index is 2.12. The summed E-state index contributed by atoms with van der Waals surface area (Å²) in [5.74, 6) is 0. The molecule has 0 atom stereocenters. The Morgan fingerprint density at radius 1 is 0.714 bits per heavy atom. The van der Waals surface area contributed by atoms with Crippen molar-refractivity contribution in [1.29, 1.82) is 0 Å². The van der Waals surface area contributed by atoms with Crippen LogP contribution in [0, 0.1) is 0 Å². The van der Waals surface area contributed by atoms with Crippen molar-refractivity contribution in [1.82, 2.24) is 0 Å². The van der Waals surface area contributed by atoms with Gasteiger partial charge >= 0.3 is 0 Å². The number of hydrogen-bond acceptors (Lipinski definition) is 0. The average Bonchev–Trinajstić information content (AvgIpc) is 1.36. The summed E-state index contributed by atoms with van der Waals surface area (Å²) in [6.07, 6.45) is 0. The maximum absolute atomic E-state index is 2.12. The molecule has 0 N–H and O–H groups in total. The molecule has 0 aliphatic carbocycles. The number of quaternary nitrogens is 1. The topological polar surface area (TPSA) is 0 Å². The SMILES string of the molecule is CC.C[N+](C)(C)C. The summed E-state index contributed by atoms with van der Waals surface area (Å²) in [7, 11) is 8.50. The van der Waals surface area contributed by atoms with Crippen molar-refractivity contribution in [3.05, 3.63) is 0 Å². The number of hydrogen-bond donors (Lipinski definition) is 0. The Balaban J connectivity index is 0. The smallest absolute Gasteiger partial charge is 0.0675 e. The summed E-state index contributed by atoms with van der Waals surface area (Å²) < 4.78 is 1.00. The molecule has 0 aromatic heterocycles. The van der Waals surface area contributed by atoms with Crippen LogP contribution in [0.1, 0.15) is 13.8 Å². The van der Waals surface area contributed by atoms with Gasteiger partial charge in [-0.3, -0.25) is 0 Å². The van der Waals surface area contributed by atoms with Crippen LogP contribution in [0.3, 0.4) is 0 Å². The second kappa shape index (κ2) is 4.13. The summed E-state index contributed by atoms with van der Waals surface area (Å²) in [4.78, 5) is 0. The molecule has 0 bridgehead atoms. The van der Waals surface area contributed by atoms with Crippen LogP contribution in [0.4, 0.5) is 0 Å². The van der Waals surface area contributed by atoms with Gasteiger partial charge < -0.3 is 4.48 Å². The second-order valence-corrected chi connectivity index (χ2v) is 2.68. The molecule has 0 aliphatic heterocycles. The minimum Gasteiger partial charge on any atom is -0.333 e. The fourth-order valence-corrected chi connectivity index (χ4v) is 0. The molecule has 46 valence electrons. The van der Waals surface area contributed by atoms with Gasteiger partial charge in [-0.1, -0.05) is 13.8 Å². The third-order valence-electron chi connectivity index (χ3n) is 0. The van der Waals surface area contributed by atoms with E-state index >= 15 is 0 Å². The molecule has 0 amide bonds. The minimum atomic E-state index is 1.00. The van der Waals surface area contributed by atoms with Crippen LogP contribution in [0.25, 0.3) is 0 Å². The maximum Gasteiger partial charge on any atom is 0.0675 e. The third kappa shape index (κ3) is 58400. The lowest BCUT2D eigenvalue weighted by Gasteiger charge is -2.14. The highest BCUT2D eigenvalue weighted by Crippen LogP contribution is 1.73. The van der Waals surface area contributed by atoms with E-state index in [-0.39, 0.29) is 0 Å². The Hall–Kier alpha value is -0.0400. The molecule has 0 aromatic carbocycles. The Kier molecular flexibility index (Phi) is 5.93. The monoisotopic (exact) mass is 104 g/mol. The van der Waals surface area contributed by atoms with Crippen LogP contribution in [0.15, 0.2) is 0 Å². The largest absolute Gasteiger partial charge is 0.333 e. The lowest BCUT2D eigenvalue weighted by molar-refractivity contribution is -0.849. The van der Waals surface area contributed by atoms with Gasteiger partial charge in [-0.2, -0.15) is 0 Å². The molecule has 0 spiro atoms. The second-order valence-electron chi connectivity index (χ2n) is 2.68. The van der Waals surface area contributed by atoms with Crippen LogP contribution in [-0.4, -0.2) is 32.7 Å². The van der Waals surface area contributed by atoms with E-state index in [9.17, 15) is 0 Å². The lowest BCUT2D eigenvalue weighted by Crippen LogP contribution is -2.27. The van der Waals surface area contributed by atoms with Crippen molar-refractivity contribution in [2.45, 2.75) is 13.8 Å². The number of rotatable bonds is 0. The summed E-state index contributed by atoms with van der Waals surface area (Å²) in [5, 5.41) is 0. The van der Waals surface area contributed by atoms with Crippen LogP contribution in [-0.2, 0) is 0 Å². The molecule has 0 rings (SSSR count). The van der Waals surface area contributed by atoms with Gasteiger partial charge in [0.15, 0.2) is 0 Å². The van der Waals surface area contributed by atoms with Gasteiger partial charge in [-0.05, 0) is 0 Å². The molecule has 0 fully saturated rings. The zero-order valence-corrected chi connectivity index (χ0v) is 6.45. The van der Waals surface area contributed by atoms with E-state index in [1.165, 1.54) is 0 Å². The molecule has 1 nitrogen and oxygen atoms in total. The third-order valence-corrected chi connectivity index (χ3v) is 0. The summed E-state index contributed by atoms with van der Waals surface area (Å²) in [5.41, 5.74) is 0. The van der Waals surface area contributed by atoms with Crippen LogP contribution < -0.4 is 0 Å². The molecule has 0 saturated carbocycles. The highest BCUT2D eigenvalue weighted by atomic mass is 15.2. The zero-order valence-electron chi connectivity index (χ0n) is 6.45. The summed E-state index contributed by atoms with van der Waals surface area (Å²) >= 11 is 0. The Labute approximate surface area is 47.5 Å². The van der Waals surface area contributed by atoms with Crippen LogP contribution >= 0.6 is 0 Å². The van der Waals surface area contributed by atoms with Crippen molar-refractivity contribution in [3.8, 4) is 0 Å². The molecule has 0 aromatic rings. The predicted molar refractivity (Wildman–Crippen MR) is 35.3 cm³/mol. The molecule has 0 aliphatic rings. The zero-order chi connectivity index (χ0) is 6.50. The van der Waals surface area contributed by atoms with Gasteiger partial charge in [-0.25, -0.2) is 0 Å². The fourth-order valence-electron chi connectivity index (χ4n) is 0. The predicted octanol–water partition coefficient (Wildman–Crippen LogP) is 1.35. The Morgan fingerprint density at radius 2 is 0.714 bits per heavy atom. The van der Waals surface area contributed by atoms with E-state index in [0.29, 0.717) is 0 Å². The van der Waals surface area contributed by atoms with Gasteiger partial charge in [0.05, 0.1) is 28.2 Å². The summed E-state index contributed by atoms with van der Waals surface area (Å²) in [6.45, 7) is 4.00. The minimum absolute atomic E-state index is 1.00. The normalized spacial score (nSPS) is 9.43. The quantitative estimate of drug-likeness (QED) is 0.407. The summed E-state index contributed by atoms with van der Waals surface area (Å²) in [6, 6.07) is 0. The van der Waals surface area contributed by atoms with Crippen molar-refractivity contribution < 1.29 is 4.48 Å². The first-order valence-electron chi connectivity index (χ1n) is 2.79. The molecule has 0 heterocycles. The van der Waals surface area contributed by atoms with E-state index in [0.717, 1.165) is 4.48 Å². The van der Waals surface area contributed by atoms with Gasteiger partial charge in [0.2, 0.25) is 0 Å². The van der Waals surface area contributed by atoms with E-state index in [4.69, 9.17) is 0 Å². The Bertz CT molecular complexity index is 19.7. The highest BCUT2D eigenvalue weighted by molar-refractivity contribution is 3.87. The van der Waals surface area contributed by atoms with Gasteiger partial charge in [0.25, 0.3) is 0 Å². The van der Waals surface area contributed by atoms with Crippen molar-refractivity contribution in [2.75, 3.05) is 28.2 Å². The first kappa shape index (κ1) is 10.0. The molecular formula is C6H18N+. The van der Waals surface area contributed by atoms with Crippen molar-refractivity contribution in [2.24, 2.45) is 0 Å². The van der Waals surface area contributed by atoms with Crippen molar-refractivity contribution >= 4 is 0 Å². The molecule has 0 radical (unpaired) electrons. The molecule has 1 heteroatoms. The van der Waals surface area contributed by atoms with Crippen molar-refractivity contribution in [3.63, 3.8) is 0 Å². The van der Waals surface area contributed by atoms with Crippen LogP contribution in [0.2, 0.25) is 0 Å². The lowest BCUT2D eigenvalue weighted by atomic mass is 10.8. The molecule has 7 heavy (non-hydrogen) atoms. The van der Waals surface area contributed by atoms with Crippen LogP contribution in [0.5, 0.6) is 0 Å². The standard InChI is InChI=1S/C4H12N.C2H6/c1-5(2,3)4;1-2/h1-4H3;1-2H3/q+1;. The van der Waals surface area contributed by atoms with E-state index in [2.05, 4.69) is 28.2 Å². The fraction of sp³-hybridized carbons (Fsp3) is 1.00. The van der Waals surface area contributed by atoms with Gasteiger partial charge in [0, 0.05) is 0 Å². The Morgan fingerprint density at radius 3 is 0.714 bits per heavy atom. The molecular weight excluding hydrogens is 86.1 g/mol. The number of nitrogens with zero attached hydrogens (tertiary/aromatic N) is 1. The van der Waals surface area contributed by atoms with Gasteiger partial charge in [0.1, 0.15) is 0 Å². The van der Waals surface area contributed by atoms with E-state index in [1.807, 2.05) is 13.8 Å². The highest BCUT2D eigenvalue weighted by Gasteiger charge is 1.88. The van der Waals surface area contributed by atoms with E-state index in [1.54, 1.807) is 0 Å². The first-order chi connectivity index (χ1) is 3.00. The molecule has 0 unspecified atom stereocenters. The molecule has 0 saturated heterocycles. The van der Waals surface area contributed by atoms with Gasteiger partial charge in [-0.15, -0.1) is 0 Å². The van der Waals surface area contributed by atoms with E-state index < -0.39 is 0 Å². The first-order valence-corrected chi connectivity index (χ1v) is 2.79.